The lowest BCUT2D eigenvalue weighted by Crippen LogP contribution is -2.38. The van der Waals surface area contributed by atoms with Crippen molar-refractivity contribution < 1.29 is 14.7 Å². The lowest BCUT2D eigenvalue weighted by atomic mass is 10.00. The molecule has 2 heterocycles. The molecule has 5 nitrogen and oxygen atoms in total. The molecule has 0 spiro atoms. The molecule has 2 aromatic carbocycles. The molecule has 0 saturated carbocycles. The van der Waals surface area contributed by atoms with E-state index in [2.05, 4.69) is 29.2 Å². The summed E-state index contributed by atoms with van der Waals surface area (Å²) in [5.74, 6) is -1.20. The second kappa shape index (κ2) is 6.33. The Morgan fingerprint density at radius 2 is 1.72 bits per heavy atom. The highest BCUT2D eigenvalue weighted by atomic mass is 16.4. The van der Waals surface area contributed by atoms with E-state index in [4.69, 9.17) is 0 Å². The minimum Gasteiger partial charge on any atom is -0.478 e. The van der Waals surface area contributed by atoms with Gasteiger partial charge < -0.3 is 10.0 Å². The zero-order valence-corrected chi connectivity index (χ0v) is 13.9. The summed E-state index contributed by atoms with van der Waals surface area (Å²) in [6.45, 7) is 3.82. The Kier molecular flexibility index (Phi) is 4.01. The molecule has 5 heteroatoms. The molecule has 2 aliphatic rings. The first-order chi connectivity index (χ1) is 12.1. The van der Waals surface area contributed by atoms with E-state index in [0.717, 1.165) is 31.6 Å². The van der Waals surface area contributed by atoms with Crippen LogP contribution >= 0.6 is 0 Å². The van der Waals surface area contributed by atoms with Crippen LogP contribution < -0.4 is 0 Å². The van der Waals surface area contributed by atoms with Crippen molar-refractivity contribution in [2.45, 2.75) is 19.5 Å². The van der Waals surface area contributed by atoms with Crippen LogP contribution in [0.4, 0.5) is 0 Å². The van der Waals surface area contributed by atoms with Crippen LogP contribution in [0.25, 0.3) is 0 Å². The molecule has 0 aromatic heterocycles. The van der Waals surface area contributed by atoms with Gasteiger partial charge in [0.15, 0.2) is 0 Å². The number of carboxylic acids is 1. The first-order valence-corrected chi connectivity index (χ1v) is 8.57. The molecule has 1 N–H and O–H groups in total. The Morgan fingerprint density at radius 1 is 0.960 bits per heavy atom. The minimum absolute atomic E-state index is 0.108. The van der Waals surface area contributed by atoms with Gasteiger partial charge in [0.1, 0.15) is 0 Å². The number of benzene rings is 2. The van der Waals surface area contributed by atoms with E-state index in [9.17, 15) is 14.7 Å². The van der Waals surface area contributed by atoms with Crippen LogP contribution in [0.5, 0.6) is 0 Å². The molecule has 0 aliphatic carbocycles. The Bertz CT molecular complexity index is 847. The zero-order valence-electron chi connectivity index (χ0n) is 13.9. The van der Waals surface area contributed by atoms with Crippen LogP contribution in [0.15, 0.2) is 42.5 Å². The molecule has 1 amide bonds. The number of amides is 1. The Morgan fingerprint density at radius 3 is 2.52 bits per heavy atom. The van der Waals surface area contributed by atoms with Gasteiger partial charge in [0.05, 0.1) is 11.1 Å². The molecule has 0 radical (unpaired) electrons. The first-order valence-electron chi connectivity index (χ1n) is 8.57. The number of carbonyl (C=O) groups excluding carboxylic acids is 1. The third-order valence-electron chi connectivity index (χ3n) is 5.14. The quantitative estimate of drug-likeness (QED) is 0.931. The molecule has 0 unspecified atom stereocenters. The van der Waals surface area contributed by atoms with Gasteiger partial charge in [-0.1, -0.05) is 36.4 Å². The average Bonchev–Trinajstić information content (AvgIpc) is 2.96. The molecule has 128 valence electrons. The van der Waals surface area contributed by atoms with Gasteiger partial charge in [-0.25, -0.2) is 4.79 Å². The SMILES string of the molecule is O=C(O)c1cccc2c1C(=O)N(CCN1CCc3ccccc3C1)C2. The van der Waals surface area contributed by atoms with Crippen LogP contribution in [0.1, 0.15) is 37.4 Å². The molecule has 2 aliphatic heterocycles. The summed E-state index contributed by atoms with van der Waals surface area (Å²) in [6, 6.07) is 13.5. The highest BCUT2D eigenvalue weighted by Gasteiger charge is 2.31. The fourth-order valence-corrected chi connectivity index (χ4v) is 3.79. The van der Waals surface area contributed by atoms with Crippen LogP contribution in [0.2, 0.25) is 0 Å². The van der Waals surface area contributed by atoms with E-state index in [1.54, 1.807) is 11.0 Å². The number of aromatic carboxylic acids is 1. The van der Waals surface area contributed by atoms with Crippen LogP contribution in [0, 0.1) is 0 Å². The topological polar surface area (TPSA) is 60.9 Å². The van der Waals surface area contributed by atoms with Crippen LogP contribution in [-0.4, -0.2) is 46.4 Å². The number of carbonyl (C=O) groups is 2. The lowest BCUT2D eigenvalue weighted by molar-refractivity contribution is 0.0679. The van der Waals surface area contributed by atoms with Gasteiger partial charge in [-0.3, -0.25) is 9.69 Å². The van der Waals surface area contributed by atoms with Gasteiger partial charge in [-0.05, 0) is 29.2 Å². The minimum atomic E-state index is -1.04. The van der Waals surface area contributed by atoms with Crippen molar-refractivity contribution >= 4 is 11.9 Å². The maximum Gasteiger partial charge on any atom is 0.336 e. The van der Waals surface area contributed by atoms with E-state index in [1.165, 1.54) is 17.2 Å². The van der Waals surface area contributed by atoms with Gasteiger partial charge in [-0.2, -0.15) is 0 Å². The van der Waals surface area contributed by atoms with Gasteiger partial charge in [-0.15, -0.1) is 0 Å². The van der Waals surface area contributed by atoms with E-state index >= 15 is 0 Å². The maximum absolute atomic E-state index is 12.6. The monoisotopic (exact) mass is 336 g/mol. The number of hydrogen-bond donors (Lipinski definition) is 1. The van der Waals surface area contributed by atoms with E-state index in [0.29, 0.717) is 18.7 Å². The summed E-state index contributed by atoms with van der Waals surface area (Å²) in [7, 11) is 0. The van der Waals surface area contributed by atoms with Crippen molar-refractivity contribution in [3.05, 3.63) is 70.3 Å². The lowest BCUT2D eigenvalue weighted by Gasteiger charge is -2.30. The number of carboxylic acid groups (broad SMARTS) is 1. The van der Waals surface area contributed by atoms with Gasteiger partial charge in [0.2, 0.25) is 0 Å². The van der Waals surface area contributed by atoms with Crippen molar-refractivity contribution in [1.82, 2.24) is 9.80 Å². The predicted molar refractivity (Wildman–Crippen MR) is 93.6 cm³/mol. The number of hydrogen-bond acceptors (Lipinski definition) is 3. The zero-order chi connectivity index (χ0) is 17.4. The third kappa shape index (κ3) is 2.91. The van der Waals surface area contributed by atoms with Crippen molar-refractivity contribution in [1.29, 1.82) is 0 Å². The Balaban J connectivity index is 1.43. The summed E-state index contributed by atoms with van der Waals surface area (Å²) in [5.41, 5.74) is 4.05. The number of fused-ring (bicyclic) bond motifs is 2. The van der Waals surface area contributed by atoms with Crippen molar-refractivity contribution in [2.24, 2.45) is 0 Å². The summed E-state index contributed by atoms with van der Waals surface area (Å²) >= 11 is 0. The molecular weight excluding hydrogens is 316 g/mol. The number of rotatable bonds is 4. The van der Waals surface area contributed by atoms with Crippen molar-refractivity contribution in [2.75, 3.05) is 19.6 Å². The molecule has 0 atom stereocenters. The van der Waals surface area contributed by atoms with E-state index < -0.39 is 5.97 Å². The molecule has 0 bridgehead atoms. The van der Waals surface area contributed by atoms with Crippen LogP contribution in [-0.2, 0) is 19.5 Å². The van der Waals surface area contributed by atoms with E-state index in [1.807, 2.05) is 6.07 Å². The normalized spacial score (nSPS) is 16.6. The fraction of sp³-hybridized carbons (Fsp3) is 0.300. The molecule has 0 saturated heterocycles. The predicted octanol–water partition coefficient (Wildman–Crippen LogP) is 2.40. The van der Waals surface area contributed by atoms with E-state index in [-0.39, 0.29) is 11.5 Å². The molecular formula is C20H20N2O3. The summed E-state index contributed by atoms with van der Waals surface area (Å²) in [6.07, 6.45) is 1.04. The standard InChI is InChI=1S/C20H20N2O3/c23-19-18-16(6-3-7-17(18)20(24)25)13-22(19)11-10-21-9-8-14-4-1-2-5-15(14)12-21/h1-7H,8-13H2,(H,24,25). The highest BCUT2D eigenvalue weighted by Crippen LogP contribution is 2.26. The molecule has 2 aromatic rings. The second-order valence-electron chi connectivity index (χ2n) is 6.67. The fourth-order valence-electron chi connectivity index (χ4n) is 3.79. The van der Waals surface area contributed by atoms with Crippen LogP contribution in [0.3, 0.4) is 0 Å². The van der Waals surface area contributed by atoms with Crippen molar-refractivity contribution in [3.8, 4) is 0 Å². The largest absolute Gasteiger partial charge is 0.478 e. The highest BCUT2D eigenvalue weighted by molar-refractivity contribution is 6.07. The first kappa shape index (κ1) is 15.8. The third-order valence-corrected chi connectivity index (χ3v) is 5.14. The molecule has 4 rings (SSSR count). The van der Waals surface area contributed by atoms with Gasteiger partial charge >= 0.3 is 5.97 Å². The summed E-state index contributed by atoms with van der Waals surface area (Å²) in [5, 5.41) is 9.30. The molecule has 25 heavy (non-hydrogen) atoms. The Hall–Kier alpha value is -2.66. The summed E-state index contributed by atoms with van der Waals surface area (Å²) in [4.78, 5) is 28.1. The number of nitrogens with zero attached hydrogens (tertiary/aromatic N) is 2. The Labute approximate surface area is 146 Å². The van der Waals surface area contributed by atoms with Gasteiger partial charge in [0, 0.05) is 32.7 Å². The molecule has 0 fully saturated rings. The summed E-state index contributed by atoms with van der Waals surface area (Å²) < 4.78 is 0. The van der Waals surface area contributed by atoms with Crippen molar-refractivity contribution in [3.63, 3.8) is 0 Å². The smallest absolute Gasteiger partial charge is 0.336 e. The maximum atomic E-state index is 12.6. The van der Waals surface area contributed by atoms with Gasteiger partial charge in [0.25, 0.3) is 5.91 Å². The second-order valence-corrected chi connectivity index (χ2v) is 6.67. The average molecular weight is 336 g/mol.